The standard InChI is InChI=1S/C16H12N2O3/c1-16(19)11-7-3-2-6-10(11)14-15(16)18(21)13-9-5-4-8-12(13)17(14)20/h2-9,19H,1H3/t16-/m0/s1. The van der Waals surface area contributed by atoms with Gasteiger partial charge in [-0.15, -0.1) is 0 Å². The van der Waals surface area contributed by atoms with E-state index < -0.39 is 5.60 Å². The minimum absolute atomic E-state index is 0.0809. The molecule has 0 unspecified atom stereocenters. The molecule has 1 atom stereocenters. The van der Waals surface area contributed by atoms with Crippen LogP contribution in [0.3, 0.4) is 0 Å². The van der Waals surface area contributed by atoms with E-state index in [1.165, 1.54) is 0 Å². The largest absolute Gasteiger partial charge is 0.805 e. The second kappa shape index (κ2) is 3.71. The summed E-state index contributed by atoms with van der Waals surface area (Å²) in [6.45, 7) is 1.54. The predicted octanol–water partition coefficient (Wildman–Crippen LogP) is 2.14. The Kier molecular flexibility index (Phi) is 2.14. The molecule has 0 fully saturated rings. The fraction of sp³-hybridized carbons (Fsp3) is 0.125. The molecule has 1 aliphatic carbocycles. The number of benzene rings is 2. The van der Waals surface area contributed by atoms with Crippen LogP contribution in [0.25, 0.3) is 22.3 Å². The molecule has 1 aliphatic rings. The van der Waals surface area contributed by atoms with Crippen molar-refractivity contribution in [2.75, 3.05) is 0 Å². The highest BCUT2D eigenvalue weighted by Gasteiger charge is 2.46. The van der Waals surface area contributed by atoms with Crippen LogP contribution in [-0.4, -0.2) is 9.84 Å². The van der Waals surface area contributed by atoms with E-state index in [9.17, 15) is 15.2 Å². The zero-order valence-electron chi connectivity index (χ0n) is 11.3. The van der Waals surface area contributed by atoms with E-state index in [0.29, 0.717) is 21.4 Å². The van der Waals surface area contributed by atoms with Gasteiger partial charge >= 0.3 is 0 Å². The van der Waals surface area contributed by atoms with Crippen molar-refractivity contribution in [3.8, 4) is 11.3 Å². The number of aliphatic hydroxyl groups is 1. The van der Waals surface area contributed by atoms with Gasteiger partial charge in [0.15, 0.2) is 0 Å². The second-order valence-electron chi connectivity index (χ2n) is 5.39. The van der Waals surface area contributed by atoms with E-state index in [0.717, 1.165) is 4.43 Å². The maximum Gasteiger partial charge on any atom is 0.293 e. The van der Waals surface area contributed by atoms with Gasteiger partial charge in [-0.2, -0.15) is 0 Å². The fourth-order valence-electron chi connectivity index (χ4n) is 3.15. The molecular weight excluding hydrogens is 268 g/mol. The first-order chi connectivity index (χ1) is 10.0. The Balaban J connectivity index is 2.30. The Morgan fingerprint density at radius 2 is 1.81 bits per heavy atom. The van der Waals surface area contributed by atoms with Gasteiger partial charge in [-0.1, -0.05) is 30.3 Å². The quantitative estimate of drug-likeness (QED) is 0.641. The second-order valence-corrected chi connectivity index (χ2v) is 5.39. The van der Waals surface area contributed by atoms with Gasteiger partial charge in [-0.25, -0.2) is 0 Å². The number of nitrogens with zero attached hydrogens (tertiary/aromatic N) is 2. The number of fused-ring (bicyclic) bond motifs is 4. The first-order valence-electron chi connectivity index (χ1n) is 6.64. The third kappa shape index (κ3) is 1.33. The molecule has 0 spiro atoms. The lowest BCUT2D eigenvalue weighted by atomic mass is 9.97. The van der Waals surface area contributed by atoms with E-state index >= 15 is 0 Å². The Labute approximate surface area is 119 Å². The molecule has 0 saturated carbocycles. The normalized spacial score (nSPS) is 19.5. The fourth-order valence-corrected chi connectivity index (χ4v) is 3.15. The van der Waals surface area contributed by atoms with E-state index in [-0.39, 0.29) is 16.9 Å². The third-order valence-electron chi connectivity index (χ3n) is 4.12. The summed E-state index contributed by atoms with van der Waals surface area (Å²) in [5.41, 5.74) is 0.538. The zero-order chi connectivity index (χ0) is 14.8. The van der Waals surface area contributed by atoms with E-state index in [4.69, 9.17) is 0 Å². The summed E-state index contributed by atoms with van der Waals surface area (Å²) in [5.74, 6) is 0. The van der Waals surface area contributed by atoms with Crippen molar-refractivity contribution in [2.45, 2.75) is 12.5 Å². The molecule has 104 valence electrons. The van der Waals surface area contributed by atoms with E-state index in [1.54, 1.807) is 55.5 Å². The van der Waals surface area contributed by atoms with Crippen LogP contribution < -0.4 is 4.43 Å². The van der Waals surface area contributed by atoms with Gasteiger partial charge in [0.05, 0.1) is 9.99 Å². The summed E-state index contributed by atoms with van der Waals surface area (Å²) in [7, 11) is 0. The highest BCUT2D eigenvalue weighted by atomic mass is 16.5. The van der Waals surface area contributed by atoms with Crippen molar-refractivity contribution in [3.05, 3.63) is 69.9 Å². The van der Waals surface area contributed by atoms with Gasteiger partial charge in [0, 0.05) is 16.5 Å². The summed E-state index contributed by atoms with van der Waals surface area (Å²) < 4.78 is 1.40. The Hall–Kier alpha value is -2.66. The summed E-state index contributed by atoms with van der Waals surface area (Å²) in [4.78, 5) is 12.7. The lowest BCUT2D eigenvalue weighted by molar-refractivity contribution is -0.452. The molecule has 1 N–H and O–H groups in total. The zero-order valence-corrected chi connectivity index (χ0v) is 11.3. The SMILES string of the molecule is C[C@]1(O)c2ccccc2-c2c1n([O-])c1ccccc1[n+]2=O. The summed E-state index contributed by atoms with van der Waals surface area (Å²) in [5, 5.41) is 23.5. The van der Waals surface area contributed by atoms with Crippen LogP contribution in [0.4, 0.5) is 0 Å². The molecule has 5 nitrogen and oxygen atoms in total. The highest BCUT2D eigenvalue weighted by molar-refractivity contribution is 5.80. The molecule has 0 bridgehead atoms. The van der Waals surface area contributed by atoms with Crippen LogP contribution in [0.1, 0.15) is 18.2 Å². The summed E-state index contributed by atoms with van der Waals surface area (Å²) >= 11 is 0. The van der Waals surface area contributed by atoms with Crippen LogP contribution >= 0.6 is 0 Å². The lowest BCUT2D eigenvalue weighted by Crippen LogP contribution is -2.29. The molecular formula is C16H12N2O3. The van der Waals surface area contributed by atoms with Crippen LogP contribution in [-0.2, 0) is 5.60 Å². The molecule has 4 rings (SSSR count). The smallest absolute Gasteiger partial charge is 0.293 e. The first kappa shape index (κ1) is 12.1. The van der Waals surface area contributed by atoms with Crippen LogP contribution in [0.2, 0.25) is 0 Å². The number of rotatable bonds is 0. The van der Waals surface area contributed by atoms with Gasteiger partial charge in [0.2, 0.25) is 0 Å². The molecule has 0 saturated heterocycles. The molecule has 2 aromatic carbocycles. The van der Waals surface area contributed by atoms with Crippen LogP contribution in [0, 0.1) is 10.1 Å². The van der Waals surface area contributed by atoms with Gasteiger partial charge in [0.25, 0.3) is 11.2 Å². The number of para-hydroxylation sites is 2. The molecule has 1 heterocycles. The summed E-state index contributed by atoms with van der Waals surface area (Å²) in [6, 6.07) is 13.6. The molecule has 0 amide bonds. The lowest BCUT2D eigenvalue weighted by Gasteiger charge is -2.25. The monoisotopic (exact) mass is 280 g/mol. The molecule has 0 radical (unpaired) electrons. The Morgan fingerprint density at radius 3 is 2.62 bits per heavy atom. The predicted molar refractivity (Wildman–Crippen MR) is 78.2 cm³/mol. The molecule has 0 aliphatic heterocycles. The minimum Gasteiger partial charge on any atom is -0.805 e. The third-order valence-corrected chi connectivity index (χ3v) is 4.12. The van der Waals surface area contributed by atoms with Crippen molar-refractivity contribution in [2.24, 2.45) is 0 Å². The topological polar surface area (TPSA) is 71.2 Å². The van der Waals surface area contributed by atoms with Crippen molar-refractivity contribution < 1.29 is 9.53 Å². The molecule has 21 heavy (non-hydrogen) atoms. The average Bonchev–Trinajstić information content (AvgIpc) is 2.74. The average molecular weight is 280 g/mol. The van der Waals surface area contributed by atoms with Crippen molar-refractivity contribution in [1.29, 1.82) is 0 Å². The number of hydrogen-bond donors (Lipinski definition) is 1. The minimum atomic E-state index is -1.48. The summed E-state index contributed by atoms with van der Waals surface area (Å²) in [6.07, 6.45) is 0. The molecule has 1 aromatic heterocycles. The van der Waals surface area contributed by atoms with Gasteiger partial charge in [-0.3, -0.25) is 0 Å². The van der Waals surface area contributed by atoms with Crippen molar-refractivity contribution >= 4 is 11.0 Å². The Morgan fingerprint density at radius 1 is 1.14 bits per heavy atom. The van der Waals surface area contributed by atoms with E-state index in [1.807, 2.05) is 0 Å². The van der Waals surface area contributed by atoms with Gasteiger partial charge in [0.1, 0.15) is 16.8 Å². The molecule has 5 heteroatoms. The maximum atomic E-state index is 12.7. The van der Waals surface area contributed by atoms with Crippen LogP contribution in [0.15, 0.2) is 48.5 Å². The highest BCUT2D eigenvalue weighted by Crippen LogP contribution is 2.45. The number of aromatic nitrogens is 2. The van der Waals surface area contributed by atoms with Crippen molar-refractivity contribution in [3.63, 3.8) is 0 Å². The van der Waals surface area contributed by atoms with Crippen LogP contribution in [0.5, 0.6) is 0 Å². The Bertz CT molecular complexity index is 957. The van der Waals surface area contributed by atoms with Gasteiger partial charge in [-0.05, 0) is 19.1 Å². The maximum absolute atomic E-state index is 12.7. The number of hydrogen-bond acceptors (Lipinski definition) is 3. The van der Waals surface area contributed by atoms with Crippen molar-refractivity contribution in [1.82, 2.24) is 4.73 Å². The molecule has 3 aromatic rings. The van der Waals surface area contributed by atoms with E-state index in [2.05, 4.69) is 0 Å². The van der Waals surface area contributed by atoms with Gasteiger partial charge < -0.3 is 15.0 Å². The first-order valence-corrected chi connectivity index (χ1v) is 6.64.